The van der Waals surface area contributed by atoms with E-state index in [4.69, 9.17) is 23.2 Å². The summed E-state index contributed by atoms with van der Waals surface area (Å²) in [6.07, 6.45) is -2.58. The Hall–Kier alpha value is -2.08. The number of hydrogen-bond donors (Lipinski definition) is 3. The van der Waals surface area contributed by atoms with E-state index in [1.807, 2.05) is 0 Å². The third-order valence-corrected chi connectivity index (χ3v) is 5.91. The molecule has 0 spiro atoms. The summed E-state index contributed by atoms with van der Waals surface area (Å²) < 4.78 is 65.3. The molecule has 13 heteroatoms. The Labute approximate surface area is 167 Å². The van der Waals surface area contributed by atoms with Crippen molar-refractivity contribution in [2.24, 2.45) is 0 Å². The zero-order valence-corrected chi connectivity index (χ0v) is 16.2. The standard InChI is InChI=1S/C15H12Cl2F3N3O4S/c1-14(25,15(18,19)20)13(24)22-9-4-5-10(12(17)11(9)16)28(26,27)23-8-3-2-6-21-7-8/h2-7,23,25H,1H3,(H,22,24). The van der Waals surface area contributed by atoms with Crippen molar-refractivity contribution in [1.29, 1.82) is 0 Å². The molecule has 28 heavy (non-hydrogen) atoms. The van der Waals surface area contributed by atoms with Crippen molar-refractivity contribution in [3.63, 3.8) is 0 Å². The highest BCUT2D eigenvalue weighted by molar-refractivity contribution is 7.92. The molecular weight excluding hydrogens is 446 g/mol. The number of hydrogen-bond acceptors (Lipinski definition) is 5. The van der Waals surface area contributed by atoms with Crippen LogP contribution in [0.15, 0.2) is 41.6 Å². The van der Waals surface area contributed by atoms with Gasteiger partial charge in [-0.3, -0.25) is 14.5 Å². The van der Waals surface area contributed by atoms with Crippen LogP contribution >= 0.6 is 23.2 Å². The fourth-order valence-corrected chi connectivity index (χ4v) is 3.71. The molecule has 1 atom stereocenters. The predicted molar refractivity (Wildman–Crippen MR) is 96.8 cm³/mol. The van der Waals surface area contributed by atoms with Crippen LogP contribution in [0.1, 0.15) is 6.92 Å². The minimum atomic E-state index is -5.25. The van der Waals surface area contributed by atoms with Crippen molar-refractivity contribution < 1.29 is 31.5 Å². The van der Waals surface area contributed by atoms with Crippen molar-refractivity contribution in [1.82, 2.24) is 4.98 Å². The van der Waals surface area contributed by atoms with Crippen LogP contribution in [0.4, 0.5) is 24.5 Å². The molecule has 2 aromatic rings. The van der Waals surface area contributed by atoms with Gasteiger partial charge in [0.15, 0.2) is 0 Å². The summed E-state index contributed by atoms with van der Waals surface area (Å²) in [4.78, 5) is 15.0. The molecule has 1 aromatic heterocycles. The lowest BCUT2D eigenvalue weighted by Crippen LogP contribution is -2.52. The first-order valence-electron chi connectivity index (χ1n) is 7.29. The third kappa shape index (κ3) is 4.49. The highest BCUT2D eigenvalue weighted by Crippen LogP contribution is 2.37. The van der Waals surface area contributed by atoms with Crippen LogP contribution in [0, 0.1) is 0 Å². The quantitative estimate of drug-likeness (QED) is 0.637. The summed E-state index contributed by atoms with van der Waals surface area (Å²) in [5, 5.41) is 10.1. The van der Waals surface area contributed by atoms with Gasteiger partial charge in [-0.2, -0.15) is 13.2 Å². The van der Waals surface area contributed by atoms with Gasteiger partial charge in [-0.15, -0.1) is 0 Å². The summed E-state index contributed by atoms with van der Waals surface area (Å²) in [7, 11) is -4.21. The van der Waals surface area contributed by atoms with Crippen molar-refractivity contribution in [2.45, 2.75) is 23.6 Å². The summed E-state index contributed by atoms with van der Waals surface area (Å²) in [5.41, 5.74) is -3.98. The first-order valence-corrected chi connectivity index (χ1v) is 9.52. The van der Waals surface area contributed by atoms with Crippen LogP contribution in [-0.2, 0) is 14.8 Å². The Bertz CT molecular complexity index is 1000. The smallest absolute Gasteiger partial charge is 0.373 e. The number of benzene rings is 1. The molecule has 0 fully saturated rings. The monoisotopic (exact) mass is 457 g/mol. The van der Waals surface area contributed by atoms with Gasteiger partial charge < -0.3 is 10.4 Å². The first-order chi connectivity index (χ1) is 12.8. The van der Waals surface area contributed by atoms with Crippen LogP contribution in [0.5, 0.6) is 0 Å². The van der Waals surface area contributed by atoms with E-state index in [0.717, 1.165) is 12.1 Å². The minimum absolute atomic E-state index is 0.133. The first kappa shape index (κ1) is 22.2. The van der Waals surface area contributed by atoms with Gasteiger partial charge >= 0.3 is 6.18 Å². The molecule has 7 nitrogen and oxygen atoms in total. The van der Waals surface area contributed by atoms with Gasteiger partial charge in [-0.05, 0) is 31.2 Å². The zero-order chi connectivity index (χ0) is 21.3. The van der Waals surface area contributed by atoms with Gasteiger partial charge in [0, 0.05) is 6.20 Å². The molecule has 0 bridgehead atoms. The Morgan fingerprint density at radius 1 is 1.18 bits per heavy atom. The van der Waals surface area contributed by atoms with Crippen LogP contribution in [0.3, 0.4) is 0 Å². The number of anilines is 2. The highest BCUT2D eigenvalue weighted by Gasteiger charge is 2.55. The minimum Gasteiger partial charge on any atom is -0.373 e. The fourth-order valence-electron chi connectivity index (χ4n) is 1.84. The Morgan fingerprint density at radius 3 is 2.36 bits per heavy atom. The lowest BCUT2D eigenvalue weighted by molar-refractivity contribution is -0.242. The molecule has 0 aliphatic heterocycles. The Kier molecular flexibility index (Phi) is 6.14. The van der Waals surface area contributed by atoms with Gasteiger partial charge in [-0.25, -0.2) is 8.42 Å². The number of rotatable bonds is 5. The SMILES string of the molecule is CC(O)(C(=O)Nc1ccc(S(=O)(=O)Nc2cccnc2)c(Cl)c1Cl)C(F)(F)F. The van der Waals surface area contributed by atoms with E-state index in [1.165, 1.54) is 24.5 Å². The van der Waals surface area contributed by atoms with E-state index in [9.17, 15) is 31.5 Å². The second kappa shape index (κ2) is 7.74. The zero-order valence-electron chi connectivity index (χ0n) is 13.9. The summed E-state index contributed by atoms with van der Waals surface area (Å²) in [6.45, 7) is 0.258. The number of aromatic nitrogens is 1. The van der Waals surface area contributed by atoms with E-state index in [1.54, 1.807) is 5.32 Å². The molecular formula is C15H12Cl2F3N3O4S. The summed E-state index contributed by atoms with van der Waals surface area (Å²) in [6, 6.07) is 4.78. The van der Waals surface area contributed by atoms with Crippen molar-refractivity contribution >= 4 is 50.5 Å². The van der Waals surface area contributed by atoms with Gasteiger partial charge in [0.25, 0.3) is 15.9 Å². The van der Waals surface area contributed by atoms with E-state index in [2.05, 4.69) is 9.71 Å². The average molecular weight is 458 g/mol. The van der Waals surface area contributed by atoms with Crippen LogP contribution < -0.4 is 10.0 Å². The predicted octanol–water partition coefficient (Wildman–Crippen LogP) is 3.44. The number of aliphatic hydroxyl groups is 1. The molecule has 1 unspecified atom stereocenters. The van der Waals surface area contributed by atoms with Crippen LogP contribution in [-0.4, -0.2) is 36.2 Å². The van der Waals surface area contributed by atoms with E-state index < -0.39 is 48.3 Å². The number of carbonyl (C=O) groups is 1. The second-order valence-corrected chi connectivity index (χ2v) is 8.02. The van der Waals surface area contributed by atoms with E-state index >= 15 is 0 Å². The van der Waals surface area contributed by atoms with Gasteiger partial charge in [0.1, 0.15) is 4.90 Å². The van der Waals surface area contributed by atoms with Gasteiger partial charge in [0.05, 0.1) is 27.6 Å². The molecule has 0 radical (unpaired) electrons. The topological polar surface area (TPSA) is 108 Å². The average Bonchev–Trinajstić information content (AvgIpc) is 2.58. The number of amides is 1. The third-order valence-electron chi connectivity index (χ3n) is 3.49. The van der Waals surface area contributed by atoms with Crippen molar-refractivity contribution in [3.8, 4) is 0 Å². The molecule has 1 aromatic carbocycles. The van der Waals surface area contributed by atoms with Crippen LogP contribution in [0.25, 0.3) is 0 Å². The number of alkyl halides is 3. The molecule has 0 saturated carbocycles. The number of nitrogens with one attached hydrogen (secondary N) is 2. The number of sulfonamides is 1. The van der Waals surface area contributed by atoms with E-state index in [-0.39, 0.29) is 12.6 Å². The maximum atomic E-state index is 12.7. The lowest BCUT2D eigenvalue weighted by atomic mass is 10.1. The van der Waals surface area contributed by atoms with Gasteiger partial charge in [-0.1, -0.05) is 23.2 Å². The second-order valence-electron chi connectivity index (χ2n) is 5.61. The Balaban J connectivity index is 2.34. The summed E-state index contributed by atoms with van der Waals surface area (Å²) >= 11 is 11.8. The molecule has 0 aliphatic carbocycles. The number of pyridine rings is 1. The Morgan fingerprint density at radius 2 is 1.82 bits per heavy atom. The molecule has 0 aliphatic rings. The molecule has 3 N–H and O–H groups in total. The normalized spacial score (nSPS) is 14.2. The maximum Gasteiger partial charge on any atom is 0.426 e. The molecule has 1 amide bonds. The number of halogens is 5. The number of carbonyl (C=O) groups excluding carboxylic acids is 1. The number of nitrogens with zero attached hydrogens (tertiary/aromatic N) is 1. The summed E-state index contributed by atoms with van der Waals surface area (Å²) in [5.74, 6) is -1.82. The molecule has 0 saturated heterocycles. The van der Waals surface area contributed by atoms with Crippen molar-refractivity contribution in [3.05, 3.63) is 46.7 Å². The van der Waals surface area contributed by atoms with Crippen molar-refractivity contribution in [2.75, 3.05) is 10.0 Å². The maximum absolute atomic E-state index is 12.7. The lowest BCUT2D eigenvalue weighted by Gasteiger charge is -2.25. The molecule has 2 rings (SSSR count). The van der Waals surface area contributed by atoms with Crippen LogP contribution in [0.2, 0.25) is 10.0 Å². The van der Waals surface area contributed by atoms with E-state index in [0.29, 0.717) is 0 Å². The largest absolute Gasteiger partial charge is 0.426 e. The molecule has 152 valence electrons. The fraction of sp³-hybridized carbons (Fsp3) is 0.200. The van der Waals surface area contributed by atoms with Gasteiger partial charge in [0.2, 0.25) is 5.60 Å². The highest BCUT2D eigenvalue weighted by atomic mass is 35.5. The molecule has 1 heterocycles.